The van der Waals surface area contributed by atoms with Gasteiger partial charge in [0.05, 0.1) is 41.0 Å². The van der Waals surface area contributed by atoms with Crippen molar-refractivity contribution < 1.29 is 14.1 Å². The van der Waals surface area contributed by atoms with Gasteiger partial charge in [0.25, 0.3) is 5.69 Å². The van der Waals surface area contributed by atoms with Crippen LogP contribution in [0.4, 0.5) is 21.6 Å². The Morgan fingerprint density at radius 1 is 1.23 bits per heavy atom. The maximum Gasteiger partial charge on any atom is 0.270 e. The Bertz CT molecular complexity index is 1160. The number of fused-ring (bicyclic) bond motifs is 1. The van der Waals surface area contributed by atoms with Gasteiger partial charge in [-0.3, -0.25) is 10.1 Å². The Kier molecular flexibility index (Phi) is 5.41. The Balaban J connectivity index is 1.53. The van der Waals surface area contributed by atoms with Gasteiger partial charge in [-0.1, -0.05) is 6.07 Å². The van der Waals surface area contributed by atoms with Gasteiger partial charge in [-0.25, -0.2) is 9.37 Å². The number of nitro groups is 1. The lowest BCUT2D eigenvalue weighted by molar-refractivity contribution is -0.384. The molecule has 1 fully saturated rings. The van der Waals surface area contributed by atoms with Gasteiger partial charge >= 0.3 is 0 Å². The van der Waals surface area contributed by atoms with Gasteiger partial charge in [-0.05, 0) is 29.8 Å². The molecule has 0 aliphatic carbocycles. The fourth-order valence-electron chi connectivity index (χ4n) is 3.42. The summed E-state index contributed by atoms with van der Waals surface area (Å²) < 4.78 is 19.9. The molecule has 0 amide bonds. The lowest BCUT2D eigenvalue weighted by atomic mass is 10.1. The number of pyridine rings is 1. The highest BCUT2D eigenvalue weighted by Gasteiger charge is 2.16. The van der Waals surface area contributed by atoms with Crippen LogP contribution in [0.1, 0.15) is 11.1 Å². The third kappa shape index (κ3) is 3.99. The molecular weight excluding hydrogens is 389 g/mol. The van der Waals surface area contributed by atoms with Gasteiger partial charge in [0, 0.05) is 37.2 Å². The minimum absolute atomic E-state index is 0.0997. The number of nitro benzene ring substituents is 1. The van der Waals surface area contributed by atoms with Crippen molar-refractivity contribution in [3.05, 3.63) is 69.5 Å². The minimum atomic E-state index is -0.512. The van der Waals surface area contributed by atoms with E-state index in [1.165, 1.54) is 30.3 Å². The smallest absolute Gasteiger partial charge is 0.270 e. The minimum Gasteiger partial charge on any atom is -0.378 e. The molecule has 0 unspecified atom stereocenters. The van der Waals surface area contributed by atoms with Crippen molar-refractivity contribution in [3.63, 3.8) is 0 Å². The van der Waals surface area contributed by atoms with E-state index in [0.717, 1.165) is 5.56 Å². The summed E-state index contributed by atoms with van der Waals surface area (Å²) in [6, 6.07) is 12.9. The van der Waals surface area contributed by atoms with E-state index in [4.69, 9.17) is 4.74 Å². The number of nitriles is 1. The molecule has 4 rings (SSSR count). The topological polar surface area (TPSA) is 104 Å². The molecule has 1 N–H and O–H groups in total. The maximum atomic E-state index is 14.6. The van der Waals surface area contributed by atoms with Crippen LogP contribution in [-0.4, -0.2) is 36.2 Å². The number of morpholine rings is 1. The average molecular weight is 407 g/mol. The predicted octanol–water partition coefficient (Wildman–Crippen LogP) is 3.60. The lowest BCUT2D eigenvalue weighted by Gasteiger charge is -2.29. The molecule has 0 atom stereocenters. The SMILES string of the molecule is N#Cc1cc(NCc2ccc(N3CCOCC3)c(F)c2)nc2ccc([N+](=O)[O-])cc12. The highest BCUT2D eigenvalue weighted by molar-refractivity contribution is 5.88. The van der Waals surface area contributed by atoms with Crippen molar-refractivity contribution in [2.45, 2.75) is 6.54 Å². The molecule has 8 nitrogen and oxygen atoms in total. The van der Waals surface area contributed by atoms with Crippen LogP contribution >= 0.6 is 0 Å². The molecule has 0 bridgehead atoms. The second-order valence-corrected chi connectivity index (χ2v) is 6.86. The van der Waals surface area contributed by atoms with E-state index < -0.39 is 4.92 Å². The van der Waals surface area contributed by atoms with Crippen molar-refractivity contribution in [3.8, 4) is 6.07 Å². The molecule has 1 saturated heterocycles. The predicted molar refractivity (Wildman–Crippen MR) is 110 cm³/mol. The molecule has 3 aromatic rings. The molecule has 0 radical (unpaired) electrons. The van der Waals surface area contributed by atoms with E-state index in [0.29, 0.717) is 55.3 Å². The number of hydrogen-bond donors (Lipinski definition) is 1. The third-order valence-electron chi connectivity index (χ3n) is 4.96. The zero-order valence-electron chi connectivity index (χ0n) is 16.0. The molecule has 2 aromatic carbocycles. The summed E-state index contributed by atoms with van der Waals surface area (Å²) in [7, 11) is 0. The van der Waals surface area contributed by atoms with Gasteiger partial charge in [0.1, 0.15) is 11.6 Å². The highest BCUT2D eigenvalue weighted by Crippen LogP contribution is 2.26. The molecular formula is C21H18FN5O3. The first-order valence-corrected chi connectivity index (χ1v) is 9.39. The molecule has 2 heterocycles. The van der Waals surface area contributed by atoms with Crippen molar-refractivity contribution in [1.29, 1.82) is 5.26 Å². The van der Waals surface area contributed by atoms with Gasteiger partial charge in [0.2, 0.25) is 0 Å². The van der Waals surface area contributed by atoms with E-state index in [9.17, 15) is 19.8 Å². The number of ether oxygens (including phenoxy) is 1. The van der Waals surface area contributed by atoms with Crippen molar-refractivity contribution >= 4 is 28.1 Å². The fraction of sp³-hybridized carbons (Fsp3) is 0.238. The number of aromatic nitrogens is 1. The van der Waals surface area contributed by atoms with Crippen LogP contribution in [0.2, 0.25) is 0 Å². The zero-order valence-corrected chi connectivity index (χ0v) is 16.0. The van der Waals surface area contributed by atoms with Gasteiger partial charge < -0.3 is 15.0 Å². The monoisotopic (exact) mass is 407 g/mol. The molecule has 1 aromatic heterocycles. The summed E-state index contributed by atoms with van der Waals surface area (Å²) in [5.74, 6) is 0.137. The number of benzene rings is 2. The molecule has 1 aliphatic heterocycles. The number of non-ortho nitro benzene ring substituents is 1. The quantitative estimate of drug-likeness (QED) is 0.509. The van der Waals surface area contributed by atoms with Crippen LogP contribution < -0.4 is 10.2 Å². The molecule has 0 spiro atoms. The van der Waals surface area contributed by atoms with Crippen LogP contribution in [0.3, 0.4) is 0 Å². The average Bonchev–Trinajstić information content (AvgIpc) is 2.77. The summed E-state index contributed by atoms with van der Waals surface area (Å²) >= 11 is 0. The highest BCUT2D eigenvalue weighted by atomic mass is 19.1. The van der Waals surface area contributed by atoms with Crippen LogP contribution in [0.5, 0.6) is 0 Å². The van der Waals surface area contributed by atoms with E-state index in [2.05, 4.69) is 10.3 Å². The molecule has 30 heavy (non-hydrogen) atoms. The Labute approximate surface area is 171 Å². The molecule has 152 valence electrons. The van der Waals surface area contributed by atoms with Crippen molar-refractivity contribution in [2.24, 2.45) is 0 Å². The molecule has 9 heteroatoms. The van der Waals surface area contributed by atoms with Crippen LogP contribution in [0.25, 0.3) is 10.9 Å². The van der Waals surface area contributed by atoms with Gasteiger partial charge in [-0.15, -0.1) is 0 Å². The number of nitrogens with zero attached hydrogens (tertiary/aromatic N) is 4. The second-order valence-electron chi connectivity index (χ2n) is 6.86. The molecule has 1 aliphatic rings. The fourth-order valence-corrected chi connectivity index (χ4v) is 3.42. The summed E-state index contributed by atoms with van der Waals surface area (Å²) in [6.07, 6.45) is 0. The summed E-state index contributed by atoms with van der Waals surface area (Å²) in [5, 5.41) is 23.9. The summed E-state index contributed by atoms with van der Waals surface area (Å²) in [4.78, 5) is 16.8. The number of nitrogens with one attached hydrogen (secondary N) is 1. The Morgan fingerprint density at radius 3 is 2.73 bits per heavy atom. The van der Waals surface area contributed by atoms with E-state index in [1.807, 2.05) is 17.0 Å². The van der Waals surface area contributed by atoms with Gasteiger partial charge in [-0.2, -0.15) is 5.26 Å². The normalized spacial score (nSPS) is 13.8. The van der Waals surface area contributed by atoms with Crippen LogP contribution in [-0.2, 0) is 11.3 Å². The Morgan fingerprint density at radius 2 is 2.03 bits per heavy atom. The lowest BCUT2D eigenvalue weighted by Crippen LogP contribution is -2.36. The van der Waals surface area contributed by atoms with Gasteiger partial charge in [0.15, 0.2) is 0 Å². The second kappa shape index (κ2) is 8.31. The third-order valence-corrected chi connectivity index (χ3v) is 4.96. The maximum absolute atomic E-state index is 14.6. The number of anilines is 2. The van der Waals surface area contributed by atoms with Crippen LogP contribution in [0.15, 0.2) is 42.5 Å². The standard InChI is InChI=1S/C21H18FN5O3/c22-18-9-14(1-4-20(18)26-5-7-30-8-6-26)13-24-21-10-15(12-23)17-11-16(27(28)29)2-3-19(17)25-21/h1-4,9-11H,5-8,13H2,(H,24,25). The van der Waals surface area contributed by atoms with Crippen molar-refractivity contribution in [2.75, 3.05) is 36.5 Å². The molecule has 0 saturated carbocycles. The summed E-state index contributed by atoms with van der Waals surface area (Å²) in [5.41, 5.74) is 1.93. The first-order valence-electron chi connectivity index (χ1n) is 9.39. The first kappa shape index (κ1) is 19.5. The van der Waals surface area contributed by atoms with E-state index in [-0.39, 0.29) is 17.1 Å². The van der Waals surface area contributed by atoms with Crippen LogP contribution in [0, 0.1) is 27.3 Å². The zero-order chi connectivity index (χ0) is 21.1. The van der Waals surface area contributed by atoms with E-state index >= 15 is 0 Å². The van der Waals surface area contributed by atoms with Crippen molar-refractivity contribution in [1.82, 2.24) is 4.98 Å². The summed E-state index contributed by atoms with van der Waals surface area (Å²) in [6.45, 7) is 2.80. The first-order chi connectivity index (χ1) is 14.5. The van der Waals surface area contributed by atoms with E-state index in [1.54, 1.807) is 6.07 Å². The number of hydrogen-bond acceptors (Lipinski definition) is 7. The number of rotatable bonds is 5. The number of halogens is 1. The largest absolute Gasteiger partial charge is 0.378 e. The Hall–Kier alpha value is -3.77.